The first kappa shape index (κ1) is 20.3. The summed E-state index contributed by atoms with van der Waals surface area (Å²) >= 11 is 0. The summed E-state index contributed by atoms with van der Waals surface area (Å²) in [5.74, 6) is -0.686. The molecule has 0 aliphatic rings. The number of alkyl halides is 3. The van der Waals surface area contributed by atoms with Crippen LogP contribution in [-0.2, 0) is 4.79 Å². The highest BCUT2D eigenvalue weighted by Gasteiger charge is 2.31. The Hall–Kier alpha value is -1.76. The van der Waals surface area contributed by atoms with Gasteiger partial charge in [-0.2, -0.15) is 0 Å². The van der Waals surface area contributed by atoms with Crippen molar-refractivity contribution in [2.24, 2.45) is 5.41 Å². The van der Waals surface area contributed by atoms with Crippen molar-refractivity contribution in [3.8, 4) is 5.75 Å². The molecule has 2 N–H and O–H groups in total. The molecule has 0 spiro atoms. The van der Waals surface area contributed by atoms with Gasteiger partial charge in [-0.3, -0.25) is 4.79 Å². The predicted molar refractivity (Wildman–Crippen MR) is 84.4 cm³/mol. The zero-order valence-corrected chi connectivity index (χ0v) is 14.3. The van der Waals surface area contributed by atoms with Crippen LogP contribution < -0.4 is 10.1 Å². The van der Waals surface area contributed by atoms with E-state index in [1.165, 1.54) is 18.2 Å². The molecule has 4 nitrogen and oxygen atoms in total. The maximum atomic E-state index is 12.3. The average molecular weight is 347 g/mol. The lowest BCUT2D eigenvalue weighted by molar-refractivity contribution is -0.274. The van der Waals surface area contributed by atoms with Crippen LogP contribution >= 0.6 is 0 Å². The maximum absolute atomic E-state index is 12.3. The van der Waals surface area contributed by atoms with Crippen molar-refractivity contribution in [3.63, 3.8) is 0 Å². The van der Waals surface area contributed by atoms with Crippen LogP contribution in [0.3, 0.4) is 0 Å². The van der Waals surface area contributed by atoms with E-state index < -0.39 is 23.9 Å². The lowest BCUT2D eigenvalue weighted by Crippen LogP contribution is -2.35. The molecule has 0 aromatic heterocycles. The van der Waals surface area contributed by atoms with Gasteiger partial charge in [-0.25, -0.2) is 0 Å². The molecule has 0 unspecified atom stereocenters. The second-order valence-corrected chi connectivity index (χ2v) is 6.73. The number of hydrogen-bond donors (Lipinski definition) is 2. The van der Waals surface area contributed by atoms with Crippen molar-refractivity contribution in [1.82, 2.24) is 5.32 Å². The number of aliphatic hydroxyl groups is 1. The van der Waals surface area contributed by atoms with Crippen LogP contribution in [0.15, 0.2) is 24.3 Å². The molecule has 136 valence electrons. The van der Waals surface area contributed by atoms with Crippen molar-refractivity contribution in [3.05, 3.63) is 29.8 Å². The Labute approximate surface area is 140 Å². The molecule has 0 radical (unpaired) electrons. The molecule has 0 fully saturated rings. The van der Waals surface area contributed by atoms with Crippen LogP contribution in [0.2, 0.25) is 0 Å². The maximum Gasteiger partial charge on any atom is 0.573 e. The van der Waals surface area contributed by atoms with Gasteiger partial charge in [0.05, 0.1) is 18.6 Å². The third kappa shape index (κ3) is 6.78. The number of halogens is 3. The number of hydrogen-bond acceptors (Lipinski definition) is 3. The summed E-state index contributed by atoms with van der Waals surface area (Å²) in [6.07, 6.45) is -5.15. The zero-order valence-electron chi connectivity index (χ0n) is 14.3. The van der Waals surface area contributed by atoms with Crippen molar-refractivity contribution < 1.29 is 27.8 Å². The van der Waals surface area contributed by atoms with E-state index in [0.29, 0.717) is 12.0 Å². The number of rotatable bonds is 6. The minimum Gasteiger partial charge on any atom is -0.406 e. The van der Waals surface area contributed by atoms with E-state index in [1.807, 2.05) is 27.7 Å². The second kappa shape index (κ2) is 7.88. The first-order valence-corrected chi connectivity index (χ1v) is 7.75. The predicted octanol–water partition coefficient (Wildman–Crippen LogP) is 3.95. The molecule has 1 aromatic rings. The summed E-state index contributed by atoms with van der Waals surface area (Å²) in [5, 5.41) is 12.7. The molecular weight excluding hydrogens is 323 g/mol. The highest BCUT2D eigenvalue weighted by Crippen LogP contribution is 2.27. The summed E-state index contributed by atoms with van der Waals surface area (Å²) in [4.78, 5) is 12.1. The van der Waals surface area contributed by atoms with E-state index in [0.717, 1.165) is 0 Å². The van der Waals surface area contributed by atoms with Crippen molar-refractivity contribution >= 4 is 5.91 Å². The average Bonchev–Trinajstić information content (AvgIpc) is 2.42. The number of carbonyl (C=O) groups excluding carboxylic acids is 1. The van der Waals surface area contributed by atoms with E-state index in [-0.39, 0.29) is 18.1 Å². The van der Waals surface area contributed by atoms with Crippen LogP contribution in [0.25, 0.3) is 0 Å². The molecule has 0 aliphatic heterocycles. The monoisotopic (exact) mass is 347 g/mol. The topological polar surface area (TPSA) is 58.6 Å². The molecule has 1 aromatic carbocycles. The highest BCUT2D eigenvalue weighted by atomic mass is 19.4. The molecule has 0 heterocycles. The Morgan fingerprint density at radius 2 is 1.92 bits per heavy atom. The molecule has 1 amide bonds. The molecule has 0 aliphatic carbocycles. The van der Waals surface area contributed by atoms with E-state index >= 15 is 0 Å². The highest BCUT2D eigenvalue weighted by molar-refractivity contribution is 5.77. The Morgan fingerprint density at radius 3 is 2.42 bits per heavy atom. The van der Waals surface area contributed by atoms with E-state index in [2.05, 4.69) is 10.1 Å². The molecule has 0 saturated carbocycles. The molecule has 0 saturated heterocycles. The number of ether oxygens (including phenoxy) is 1. The van der Waals surface area contributed by atoms with Gasteiger partial charge in [-0.05, 0) is 29.5 Å². The molecular formula is C17H24F3NO3. The first-order chi connectivity index (χ1) is 10.9. The molecule has 7 heteroatoms. The number of nitrogens with one attached hydrogen (secondary N) is 1. The van der Waals surface area contributed by atoms with Crippen LogP contribution in [0.1, 0.15) is 52.1 Å². The van der Waals surface area contributed by atoms with E-state index in [9.17, 15) is 23.1 Å². The summed E-state index contributed by atoms with van der Waals surface area (Å²) in [5.41, 5.74) is 0.0809. The molecule has 1 rings (SSSR count). The van der Waals surface area contributed by atoms with Crippen LogP contribution in [0.4, 0.5) is 13.2 Å². The largest absolute Gasteiger partial charge is 0.573 e. The lowest BCUT2D eigenvalue weighted by atomic mass is 9.87. The van der Waals surface area contributed by atoms with E-state index in [4.69, 9.17) is 0 Å². The minimum absolute atomic E-state index is 0.0707. The Balaban J connectivity index is 2.79. The van der Waals surface area contributed by atoms with Crippen LogP contribution in [-0.4, -0.2) is 23.5 Å². The number of aliphatic hydroxyl groups excluding tert-OH is 1. The van der Waals surface area contributed by atoms with E-state index in [1.54, 1.807) is 6.07 Å². The Bertz CT molecular complexity index is 553. The van der Waals surface area contributed by atoms with Gasteiger partial charge in [0.2, 0.25) is 5.91 Å². The zero-order chi connectivity index (χ0) is 18.5. The van der Waals surface area contributed by atoms with Gasteiger partial charge in [-0.15, -0.1) is 13.2 Å². The summed E-state index contributed by atoms with van der Waals surface area (Å²) in [6.45, 7) is 7.27. The number of benzene rings is 1. The summed E-state index contributed by atoms with van der Waals surface area (Å²) in [7, 11) is 0. The fourth-order valence-electron chi connectivity index (χ4n) is 2.08. The molecule has 0 bridgehead atoms. The van der Waals surface area contributed by atoms with Crippen molar-refractivity contribution in [1.29, 1.82) is 0 Å². The van der Waals surface area contributed by atoms with Gasteiger partial charge >= 0.3 is 6.36 Å². The molecule has 24 heavy (non-hydrogen) atoms. The van der Waals surface area contributed by atoms with Gasteiger partial charge in [-0.1, -0.05) is 39.8 Å². The smallest absolute Gasteiger partial charge is 0.406 e. The Morgan fingerprint density at radius 1 is 1.29 bits per heavy atom. The standard InChI is InChI=1S/C17H24F3NO3/c1-5-13(21-15(23)10-14(22)16(2,3)4)11-7-6-8-12(9-11)24-17(18,19)20/h6-9,13-14,22H,5,10H2,1-4H3,(H,21,23)/t13-,14+/m0/s1. The lowest BCUT2D eigenvalue weighted by Gasteiger charge is -2.26. The summed E-state index contributed by atoms with van der Waals surface area (Å²) in [6, 6.07) is 5.06. The normalized spacial score (nSPS) is 14.8. The fourth-order valence-corrected chi connectivity index (χ4v) is 2.08. The number of carbonyl (C=O) groups is 1. The van der Waals surface area contributed by atoms with Gasteiger partial charge in [0.15, 0.2) is 0 Å². The third-order valence-corrected chi connectivity index (χ3v) is 3.62. The number of amides is 1. The first-order valence-electron chi connectivity index (χ1n) is 7.75. The quantitative estimate of drug-likeness (QED) is 0.819. The van der Waals surface area contributed by atoms with Gasteiger partial charge in [0.1, 0.15) is 5.75 Å². The van der Waals surface area contributed by atoms with Gasteiger partial charge in [0, 0.05) is 0 Å². The third-order valence-electron chi connectivity index (χ3n) is 3.62. The Kier molecular flexibility index (Phi) is 6.66. The molecule has 2 atom stereocenters. The van der Waals surface area contributed by atoms with Gasteiger partial charge in [0.25, 0.3) is 0 Å². The fraction of sp³-hybridized carbons (Fsp3) is 0.588. The minimum atomic E-state index is -4.76. The van der Waals surface area contributed by atoms with Gasteiger partial charge < -0.3 is 15.2 Å². The van der Waals surface area contributed by atoms with Crippen molar-refractivity contribution in [2.45, 2.75) is 59.0 Å². The van der Waals surface area contributed by atoms with Crippen LogP contribution in [0, 0.1) is 5.41 Å². The van der Waals surface area contributed by atoms with Crippen molar-refractivity contribution in [2.75, 3.05) is 0 Å². The van der Waals surface area contributed by atoms with Crippen LogP contribution in [0.5, 0.6) is 5.75 Å². The SMILES string of the molecule is CC[C@H](NC(=O)C[C@@H](O)C(C)(C)C)c1cccc(OC(F)(F)F)c1. The summed E-state index contributed by atoms with van der Waals surface area (Å²) < 4.78 is 40.8. The second-order valence-electron chi connectivity index (χ2n) is 6.73.